The third kappa shape index (κ3) is 5.53. The zero-order valence-electron chi connectivity index (χ0n) is 12.1. The maximum atomic E-state index is 13.1. The maximum Gasteiger partial charge on any atom is 0.277 e. The Morgan fingerprint density at radius 2 is 2.00 bits per heavy atom. The summed E-state index contributed by atoms with van der Waals surface area (Å²) in [6.45, 7) is 0.140. The molecule has 0 unspecified atom stereocenters. The molecule has 0 aliphatic carbocycles. The largest absolute Gasteiger partial charge is 0.346 e. The second-order valence-electron chi connectivity index (χ2n) is 4.72. The summed E-state index contributed by atoms with van der Waals surface area (Å²) in [4.78, 5) is 16.5. The number of fused-ring (bicyclic) bond motifs is 1. The molecule has 23 heavy (non-hydrogen) atoms. The predicted octanol–water partition coefficient (Wildman–Crippen LogP) is 3.47. The highest BCUT2D eigenvalue weighted by Crippen LogP contribution is 2.23. The van der Waals surface area contributed by atoms with Gasteiger partial charge >= 0.3 is 0 Å². The monoisotopic (exact) mass is 429 g/mol. The second kappa shape index (κ2) is 8.73. The van der Waals surface area contributed by atoms with E-state index in [1.807, 2.05) is 0 Å². The fourth-order valence-corrected chi connectivity index (χ4v) is 2.26. The van der Waals surface area contributed by atoms with Gasteiger partial charge in [0.25, 0.3) is 11.8 Å². The van der Waals surface area contributed by atoms with Crippen molar-refractivity contribution in [3.63, 3.8) is 0 Å². The number of amides is 1. The molecule has 0 aliphatic rings. The summed E-state index contributed by atoms with van der Waals surface area (Å²) >= 11 is 3.32. The Morgan fingerprint density at radius 3 is 2.61 bits per heavy atom. The quantitative estimate of drug-likeness (QED) is 0.780. The fourth-order valence-electron chi connectivity index (χ4n) is 1.90. The molecule has 2 rings (SSSR count). The van der Waals surface area contributed by atoms with Crippen molar-refractivity contribution in [3.8, 4) is 0 Å². The van der Waals surface area contributed by atoms with Crippen LogP contribution in [0, 0.1) is 6.92 Å². The molecule has 4 nitrogen and oxygen atoms in total. The van der Waals surface area contributed by atoms with Crippen LogP contribution in [0.5, 0.6) is 0 Å². The lowest BCUT2D eigenvalue weighted by Crippen LogP contribution is -2.41. The van der Waals surface area contributed by atoms with Crippen LogP contribution in [0.3, 0.4) is 0 Å². The normalized spacial score (nSPS) is 10.7. The van der Waals surface area contributed by atoms with Gasteiger partial charge in [-0.25, -0.2) is 8.78 Å². The number of aryl methyl sites for hydroxylation is 1. The van der Waals surface area contributed by atoms with Gasteiger partial charge in [-0.05, 0) is 31.2 Å². The molecule has 3 N–H and O–H groups in total. The van der Waals surface area contributed by atoms with Gasteiger partial charge in [0.15, 0.2) is 0 Å². The lowest BCUT2D eigenvalue weighted by atomic mass is 10.1. The van der Waals surface area contributed by atoms with Gasteiger partial charge in [-0.1, -0.05) is 15.9 Å². The van der Waals surface area contributed by atoms with Crippen molar-refractivity contribution < 1.29 is 13.6 Å². The Balaban J connectivity index is 0.00000242. The third-order valence-corrected chi connectivity index (χ3v) is 3.44. The Kier molecular flexibility index (Phi) is 8.34. The van der Waals surface area contributed by atoms with E-state index in [0.717, 1.165) is 4.47 Å². The second-order valence-corrected chi connectivity index (χ2v) is 5.63. The zero-order valence-corrected chi connectivity index (χ0v) is 15.3. The molecule has 0 spiro atoms. The summed E-state index contributed by atoms with van der Waals surface area (Å²) in [6.07, 6.45) is 0. The molecule has 1 aromatic carbocycles. The minimum absolute atomic E-state index is 0. The molecule has 1 amide bonds. The number of rotatable bonds is 4. The van der Waals surface area contributed by atoms with E-state index in [4.69, 9.17) is 5.73 Å². The smallest absolute Gasteiger partial charge is 0.277 e. The van der Waals surface area contributed by atoms with Crippen molar-refractivity contribution in [2.45, 2.75) is 12.8 Å². The number of aromatic nitrogens is 1. The van der Waals surface area contributed by atoms with Crippen LogP contribution in [0.25, 0.3) is 10.9 Å². The maximum absolute atomic E-state index is 13.1. The van der Waals surface area contributed by atoms with Crippen LogP contribution in [0.4, 0.5) is 8.78 Å². The van der Waals surface area contributed by atoms with E-state index in [2.05, 4.69) is 26.2 Å². The number of hydrogen-bond acceptors (Lipinski definition) is 3. The first-order chi connectivity index (χ1) is 9.82. The molecule has 0 bridgehead atoms. The van der Waals surface area contributed by atoms with Crippen LogP contribution < -0.4 is 11.1 Å². The van der Waals surface area contributed by atoms with Gasteiger partial charge in [-0.15, -0.1) is 24.8 Å². The van der Waals surface area contributed by atoms with Crippen LogP contribution >= 0.6 is 40.7 Å². The van der Waals surface area contributed by atoms with Crippen molar-refractivity contribution in [2.75, 3.05) is 13.1 Å². The first kappa shape index (κ1) is 22.0. The van der Waals surface area contributed by atoms with E-state index in [0.29, 0.717) is 22.2 Å². The number of hydrogen-bond donors (Lipinski definition) is 2. The summed E-state index contributed by atoms with van der Waals surface area (Å²) in [5.74, 6) is -3.69. The van der Waals surface area contributed by atoms with E-state index in [-0.39, 0.29) is 24.8 Å². The molecule has 2 aromatic rings. The third-order valence-electron chi connectivity index (χ3n) is 2.95. The predicted molar refractivity (Wildman–Crippen MR) is 95.0 cm³/mol. The van der Waals surface area contributed by atoms with Crippen molar-refractivity contribution >= 4 is 57.6 Å². The summed E-state index contributed by atoms with van der Waals surface area (Å²) in [6, 6.07) is 6.87. The Hall–Kier alpha value is -1.02. The van der Waals surface area contributed by atoms with Crippen LogP contribution in [0.1, 0.15) is 16.1 Å². The fraction of sp³-hybridized carbons (Fsp3) is 0.286. The number of benzene rings is 1. The van der Waals surface area contributed by atoms with Crippen molar-refractivity contribution in [1.29, 1.82) is 0 Å². The van der Waals surface area contributed by atoms with Gasteiger partial charge < -0.3 is 11.1 Å². The van der Waals surface area contributed by atoms with Gasteiger partial charge in [-0.3, -0.25) is 9.78 Å². The van der Waals surface area contributed by atoms with E-state index in [1.165, 1.54) is 0 Å². The van der Waals surface area contributed by atoms with Crippen LogP contribution in [-0.4, -0.2) is 29.9 Å². The Labute approximate surface area is 153 Å². The van der Waals surface area contributed by atoms with Crippen molar-refractivity contribution in [2.24, 2.45) is 5.73 Å². The Morgan fingerprint density at radius 1 is 1.35 bits per heavy atom. The number of alkyl halides is 2. The molecular formula is C14H16BrCl2F2N3O. The lowest BCUT2D eigenvalue weighted by Gasteiger charge is -2.15. The SMILES string of the molecule is Cc1cc(C(=O)NCC(F)(F)CN)c2cc(Br)ccc2n1.Cl.Cl. The molecule has 9 heteroatoms. The zero-order chi connectivity index (χ0) is 15.6. The number of nitrogens with one attached hydrogen (secondary N) is 1. The average Bonchev–Trinajstić information content (AvgIpc) is 2.44. The van der Waals surface area contributed by atoms with Gasteiger partial charge in [0.1, 0.15) is 0 Å². The first-order valence-corrected chi connectivity index (χ1v) is 7.05. The molecule has 1 heterocycles. The van der Waals surface area contributed by atoms with Crippen molar-refractivity contribution in [1.82, 2.24) is 10.3 Å². The van der Waals surface area contributed by atoms with Gasteiger partial charge in [0.2, 0.25) is 0 Å². The molecule has 0 radical (unpaired) electrons. The minimum atomic E-state index is -3.12. The van der Waals surface area contributed by atoms with E-state index >= 15 is 0 Å². The Bertz CT molecular complexity index is 701. The van der Waals surface area contributed by atoms with Gasteiger partial charge in [0, 0.05) is 15.6 Å². The van der Waals surface area contributed by atoms with Crippen LogP contribution in [0.15, 0.2) is 28.7 Å². The van der Waals surface area contributed by atoms with Crippen molar-refractivity contribution in [3.05, 3.63) is 40.0 Å². The lowest BCUT2D eigenvalue weighted by molar-refractivity contribution is 0.0119. The molecule has 1 aromatic heterocycles. The molecule has 0 atom stereocenters. The average molecular weight is 431 g/mol. The van der Waals surface area contributed by atoms with Gasteiger partial charge in [0.05, 0.1) is 24.2 Å². The van der Waals surface area contributed by atoms with Crippen LogP contribution in [0.2, 0.25) is 0 Å². The highest BCUT2D eigenvalue weighted by atomic mass is 79.9. The molecular weight excluding hydrogens is 415 g/mol. The standard InChI is InChI=1S/C14H14BrF2N3O.2ClH/c1-8-4-11(13(21)19-7-14(16,17)6-18)10-5-9(15)2-3-12(10)20-8;;/h2-5H,6-7,18H2,1H3,(H,19,21);2*1H. The minimum Gasteiger partial charge on any atom is -0.346 e. The topological polar surface area (TPSA) is 68.0 Å². The number of nitrogens with zero attached hydrogens (tertiary/aromatic N) is 1. The highest BCUT2D eigenvalue weighted by molar-refractivity contribution is 9.10. The summed E-state index contributed by atoms with van der Waals surface area (Å²) in [5.41, 5.74) is 6.53. The summed E-state index contributed by atoms with van der Waals surface area (Å²) in [5, 5.41) is 2.82. The first-order valence-electron chi connectivity index (χ1n) is 6.25. The van der Waals surface area contributed by atoms with E-state index in [1.54, 1.807) is 31.2 Å². The number of carbonyl (C=O) groups excluding carboxylic acids is 1. The number of pyridine rings is 1. The molecule has 0 saturated heterocycles. The molecule has 0 fully saturated rings. The van der Waals surface area contributed by atoms with Crippen LogP contribution in [-0.2, 0) is 0 Å². The van der Waals surface area contributed by atoms with E-state index < -0.39 is 24.9 Å². The number of nitrogens with two attached hydrogens (primary N) is 1. The summed E-state index contributed by atoms with van der Waals surface area (Å²) < 4.78 is 27.0. The molecule has 0 aliphatic heterocycles. The highest BCUT2D eigenvalue weighted by Gasteiger charge is 2.27. The molecule has 128 valence electrons. The molecule has 0 saturated carbocycles. The van der Waals surface area contributed by atoms with E-state index in [9.17, 15) is 13.6 Å². The summed E-state index contributed by atoms with van der Waals surface area (Å²) in [7, 11) is 0. The number of halogens is 5. The van der Waals surface area contributed by atoms with Gasteiger partial charge in [-0.2, -0.15) is 0 Å². The number of carbonyl (C=O) groups is 1.